The number of nitriles is 1. The zero-order chi connectivity index (χ0) is 8.48. The van der Waals surface area contributed by atoms with Gasteiger partial charge in [0.2, 0.25) is 0 Å². The van der Waals surface area contributed by atoms with E-state index in [1.165, 1.54) is 0 Å². The largest absolute Gasteiger partial charge is 0.401 e. The van der Waals surface area contributed by atoms with Crippen molar-refractivity contribution in [2.45, 2.75) is 6.42 Å². The molecule has 1 aliphatic heterocycles. The van der Waals surface area contributed by atoms with Crippen LogP contribution >= 0.6 is 0 Å². The van der Waals surface area contributed by atoms with Crippen LogP contribution in [0.5, 0.6) is 0 Å². The fraction of sp³-hybridized carbons (Fsp3) is 0.625. The third kappa shape index (κ3) is 1.72. The van der Waals surface area contributed by atoms with Gasteiger partial charge in [-0.1, -0.05) is 0 Å². The van der Waals surface area contributed by atoms with Gasteiger partial charge in [0.05, 0.1) is 20.6 Å². The highest BCUT2D eigenvalue weighted by Gasteiger charge is 2.24. The Balaban J connectivity index is 2.84. The second kappa shape index (κ2) is 2.55. The highest BCUT2D eigenvalue weighted by atomic mass is 15.3. The average molecular weight is 152 g/mol. The van der Waals surface area contributed by atoms with Crippen molar-refractivity contribution in [1.82, 2.24) is 0 Å². The van der Waals surface area contributed by atoms with Crippen molar-refractivity contribution in [3.63, 3.8) is 0 Å². The van der Waals surface area contributed by atoms with Crippen molar-refractivity contribution in [3.05, 3.63) is 11.3 Å². The van der Waals surface area contributed by atoms with E-state index < -0.39 is 0 Å². The molecule has 1 aliphatic rings. The van der Waals surface area contributed by atoms with Gasteiger partial charge in [0, 0.05) is 12.1 Å². The maximum atomic E-state index is 8.70. The number of hydrogen-bond donors (Lipinski definition) is 1. The number of hydrogen-bond acceptors (Lipinski definition) is 2. The van der Waals surface area contributed by atoms with E-state index in [1.54, 1.807) is 0 Å². The van der Waals surface area contributed by atoms with Crippen molar-refractivity contribution in [3.8, 4) is 6.07 Å². The third-order valence-electron chi connectivity index (χ3n) is 2.10. The van der Waals surface area contributed by atoms with Gasteiger partial charge >= 0.3 is 0 Å². The summed E-state index contributed by atoms with van der Waals surface area (Å²) in [6.45, 7) is 1.82. The van der Waals surface area contributed by atoms with Crippen LogP contribution < -0.4 is 5.73 Å². The molecule has 0 bridgehead atoms. The fourth-order valence-electron chi connectivity index (χ4n) is 1.29. The molecular formula is C8H14N3+. The number of quaternary nitrogens is 1. The van der Waals surface area contributed by atoms with Crippen molar-refractivity contribution >= 4 is 0 Å². The first-order valence-corrected chi connectivity index (χ1v) is 3.75. The van der Waals surface area contributed by atoms with Gasteiger partial charge < -0.3 is 10.2 Å². The summed E-state index contributed by atoms with van der Waals surface area (Å²) < 4.78 is 0.879. The van der Waals surface area contributed by atoms with Gasteiger partial charge in [-0.2, -0.15) is 5.26 Å². The first kappa shape index (κ1) is 8.09. The lowest BCUT2D eigenvalue weighted by molar-refractivity contribution is -0.886. The van der Waals surface area contributed by atoms with E-state index in [9.17, 15) is 0 Å². The van der Waals surface area contributed by atoms with Gasteiger partial charge in [0.25, 0.3) is 0 Å². The summed E-state index contributed by atoms with van der Waals surface area (Å²) in [5.74, 6) is 0. The molecular weight excluding hydrogens is 138 g/mol. The van der Waals surface area contributed by atoms with Crippen molar-refractivity contribution in [2.75, 3.05) is 27.2 Å². The summed E-state index contributed by atoms with van der Waals surface area (Å²) in [4.78, 5) is 0. The van der Waals surface area contributed by atoms with Crippen LogP contribution in [0.15, 0.2) is 11.3 Å². The SMILES string of the molecule is C[N+]1(C)CCC(N)=C(C#N)C1. The predicted octanol–water partition coefficient (Wildman–Crippen LogP) is 0.203. The second-order valence-electron chi connectivity index (χ2n) is 3.68. The van der Waals surface area contributed by atoms with E-state index in [2.05, 4.69) is 20.2 Å². The Labute approximate surface area is 67.3 Å². The lowest BCUT2D eigenvalue weighted by atomic mass is 10.1. The van der Waals surface area contributed by atoms with E-state index in [1.807, 2.05) is 0 Å². The second-order valence-corrected chi connectivity index (χ2v) is 3.68. The fourth-order valence-corrected chi connectivity index (χ4v) is 1.29. The Morgan fingerprint density at radius 2 is 2.18 bits per heavy atom. The molecule has 0 radical (unpaired) electrons. The van der Waals surface area contributed by atoms with Gasteiger partial charge in [-0.15, -0.1) is 0 Å². The highest BCUT2D eigenvalue weighted by molar-refractivity contribution is 5.27. The Hall–Kier alpha value is -1.01. The number of likely N-dealkylation sites (N-methyl/N-ethyl adjacent to an activating group) is 1. The number of nitrogens with two attached hydrogens (primary N) is 1. The minimum absolute atomic E-state index is 0.765. The highest BCUT2D eigenvalue weighted by Crippen LogP contribution is 2.16. The molecule has 0 amide bonds. The summed E-state index contributed by atoms with van der Waals surface area (Å²) in [5, 5.41) is 8.70. The normalized spacial score (nSPS) is 23.0. The van der Waals surface area contributed by atoms with Crippen LogP contribution in [0.4, 0.5) is 0 Å². The smallest absolute Gasteiger partial charge is 0.116 e. The van der Waals surface area contributed by atoms with Crippen molar-refractivity contribution in [2.24, 2.45) is 5.73 Å². The van der Waals surface area contributed by atoms with Crippen LogP contribution in [0, 0.1) is 11.3 Å². The zero-order valence-corrected chi connectivity index (χ0v) is 7.09. The first-order valence-electron chi connectivity index (χ1n) is 3.75. The van der Waals surface area contributed by atoms with E-state index in [4.69, 9.17) is 11.0 Å². The predicted molar refractivity (Wildman–Crippen MR) is 43.3 cm³/mol. The van der Waals surface area contributed by atoms with Crippen LogP contribution in [0.25, 0.3) is 0 Å². The van der Waals surface area contributed by atoms with Crippen LogP contribution in [0.1, 0.15) is 6.42 Å². The van der Waals surface area contributed by atoms with Gasteiger partial charge in [0.1, 0.15) is 18.2 Å². The lowest BCUT2D eigenvalue weighted by Gasteiger charge is -2.33. The molecule has 0 aliphatic carbocycles. The molecule has 0 unspecified atom stereocenters. The molecule has 0 aromatic rings. The molecule has 0 atom stereocenters. The van der Waals surface area contributed by atoms with Crippen LogP contribution in [-0.4, -0.2) is 31.7 Å². The van der Waals surface area contributed by atoms with Crippen molar-refractivity contribution < 1.29 is 4.48 Å². The minimum atomic E-state index is 0.765. The third-order valence-corrected chi connectivity index (χ3v) is 2.10. The van der Waals surface area contributed by atoms with Crippen LogP contribution in [-0.2, 0) is 0 Å². The molecule has 0 aromatic carbocycles. The summed E-state index contributed by atoms with van der Waals surface area (Å²) in [5.41, 5.74) is 7.21. The van der Waals surface area contributed by atoms with Gasteiger partial charge in [-0.05, 0) is 0 Å². The average Bonchev–Trinajstić information content (AvgIpc) is 1.94. The summed E-state index contributed by atoms with van der Waals surface area (Å²) in [6, 6.07) is 2.15. The molecule has 3 heteroatoms. The molecule has 2 N–H and O–H groups in total. The molecule has 0 saturated carbocycles. The lowest BCUT2D eigenvalue weighted by Crippen LogP contribution is -2.45. The first-order chi connectivity index (χ1) is 5.05. The Morgan fingerprint density at radius 1 is 1.55 bits per heavy atom. The zero-order valence-electron chi connectivity index (χ0n) is 7.09. The molecule has 60 valence electrons. The quantitative estimate of drug-likeness (QED) is 0.504. The van der Waals surface area contributed by atoms with E-state index in [0.717, 1.165) is 35.3 Å². The van der Waals surface area contributed by atoms with Crippen LogP contribution in [0.2, 0.25) is 0 Å². The van der Waals surface area contributed by atoms with Crippen LogP contribution in [0.3, 0.4) is 0 Å². The summed E-state index contributed by atoms with van der Waals surface area (Å²) in [6.07, 6.45) is 0.857. The summed E-state index contributed by atoms with van der Waals surface area (Å²) in [7, 11) is 4.23. The molecule has 0 spiro atoms. The van der Waals surface area contributed by atoms with E-state index in [-0.39, 0.29) is 0 Å². The Kier molecular flexibility index (Phi) is 1.88. The minimum Gasteiger partial charge on any atom is -0.401 e. The summed E-state index contributed by atoms with van der Waals surface area (Å²) >= 11 is 0. The topological polar surface area (TPSA) is 49.8 Å². The molecule has 11 heavy (non-hydrogen) atoms. The van der Waals surface area contributed by atoms with Gasteiger partial charge in [0.15, 0.2) is 0 Å². The van der Waals surface area contributed by atoms with E-state index >= 15 is 0 Å². The molecule has 0 saturated heterocycles. The Morgan fingerprint density at radius 3 is 2.64 bits per heavy atom. The maximum absolute atomic E-state index is 8.70. The number of nitrogens with zero attached hydrogens (tertiary/aromatic N) is 2. The molecule has 3 nitrogen and oxygen atoms in total. The maximum Gasteiger partial charge on any atom is 0.116 e. The molecule has 0 fully saturated rings. The molecule has 0 aromatic heterocycles. The molecule has 1 heterocycles. The monoisotopic (exact) mass is 152 g/mol. The number of rotatable bonds is 0. The Bertz CT molecular complexity index is 232. The van der Waals surface area contributed by atoms with Crippen molar-refractivity contribution in [1.29, 1.82) is 5.26 Å². The van der Waals surface area contributed by atoms with E-state index in [0.29, 0.717) is 0 Å². The van der Waals surface area contributed by atoms with Gasteiger partial charge in [-0.25, -0.2) is 0 Å². The standard InChI is InChI=1S/C8H14N3/c1-11(2)4-3-8(10)7(5-9)6-11/h3-4,6,10H2,1-2H3/q+1. The van der Waals surface area contributed by atoms with Gasteiger partial charge in [-0.3, -0.25) is 0 Å². The molecule has 1 rings (SSSR count).